The highest BCUT2D eigenvalue weighted by molar-refractivity contribution is 7.17. The summed E-state index contributed by atoms with van der Waals surface area (Å²) in [5.41, 5.74) is 6.66. The molecule has 3 nitrogen and oxygen atoms in total. The minimum Gasteiger partial charge on any atom is -0.397 e. The zero-order chi connectivity index (χ0) is 12.3. The van der Waals surface area contributed by atoms with Gasteiger partial charge in [-0.15, -0.1) is 11.3 Å². The molecule has 0 saturated carbocycles. The van der Waals surface area contributed by atoms with Crippen molar-refractivity contribution in [3.05, 3.63) is 46.6 Å². The fourth-order valence-corrected chi connectivity index (χ4v) is 2.18. The van der Waals surface area contributed by atoms with Crippen LogP contribution < -0.4 is 11.1 Å². The number of anilines is 2. The van der Waals surface area contributed by atoms with Gasteiger partial charge in [-0.2, -0.15) is 5.26 Å². The standard InChI is InChI=1S/C12H10FN3S/c13-9-4-2-1-3-8(9)7-16-12-5-10(15)11(6-14)17-12/h1-5,16H,7,15H2. The van der Waals surface area contributed by atoms with E-state index in [9.17, 15) is 4.39 Å². The van der Waals surface area contributed by atoms with Crippen molar-refractivity contribution in [1.29, 1.82) is 5.26 Å². The average molecular weight is 247 g/mol. The topological polar surface area (TPSA) is 61.8 Å². The highest BCUT2D eigenvalue weighted by Gasteiger charge is 2.06. The number of benzene rings is 1. The van der Waals surface area contributed by atoms with E-state index in [0.29, 0.717) is 22.7 Å². The minimum atomic E-state index is -0.245. The molecule has 2 aromatic rings. The number of nitrogens with one attached hydrogen (secondary N) is 1. The normalized spacial score (nSPS) is 9.88. The molecule has 0 aliphatic heterocycles. The molecule has 0 aliphatic rings. The van der Waals surface area contributed by atoms with E-state index in [4.69, 9.17) is 11.0 Å². The number of rotatable bonds is 3. The maximum atomic E-state index is 13.3. The lowest BCUT2D eigenvalue weighted by molar-refractivity contribution is 0.613. The first kappa shape index (κ1) is 11.4. The Hall–Kier alpha value is -2.06. The summed E-state index contributed by atoms with van der Waals surface area (Å²) < 4.78 is 13.3. The number of nitrogens with two attached hydrogens (primary N) is 1. The Morgan fingerprint density at radius 3 is 2.82 bits per heavy atom. The van der Waals surface area contributed by atoms with Gasteiger partial charge in [-0.25, -0.2) is 4.39 Å². The molecule has 0 unspecified atom stereocenters. The lowest BCUT2D eigenvalue weighted by Gasteiger charge is -2.04. The van der Waals surface area contributed by atoms with Crippen LogP contribution >= 0.6 is 11.3 Å². The number of hydrogen-bond donors (Lipinski definition) is 2. The van der Waals surface area contributed by atoms with E-state index in [0.717, 1.165) is 5.00 Å². The van der Waals surface area contributed by atoms with Crippen molar-refractivity contribution in [3.8, 4) is 6.07 Å². The lowest BCUT2D eigenvalue weighted by Crippen LogP contribution is -1.99. The molecule has 86 valence electrons. The van der Waals surface area contributed by atoms with Crippen LogP contribution in [0.2, 0.25) is 0 Å². The van der Waals surface area contributed by atoms with E-state index in [1.165, 1.54) is 17.4 Å². The first-order valence-corrected chi connectivity index (χ1v) is 5.79. The lowest BCUT2D eigenvalue weighted by atomic mass is 10.2. The molecule has 1 heterocycles. The molecular weight excluding hydrogens is 237 g/mol. The maximum Gasteiger partial charge on any atom is 0.129 e. The molecule has 0 amide bonds. The van der Waals surface area contributed by atoms with Crippen LogP contribution in [-0.4, -0.2) is 0 Å². The fourth-order valence-electron chi connectivity index (χ4n) is 1.40. The van der Waals surface area contributed by atoms with Gasteiger partial charge in [0.2, 0.25) is 0 Å². The van der Waals surface area contributed by atoms with E-state index in [1.807, 2.05) is 6.07 Å². The van der Waals surface area contributed by atoms with E-state index >= 15 is 0 Å². The van der Waals surface area contributed by atoms with Crippen molar-refractivity contribution >= 4 is 22.0 Å². The van der Waals surface area contributed by atoms with Crippen LogP contribution in [0, 0.1) is 17.1 Å². The third-order valence-corrected chi connectivity index (χ3v) is 3.29. The third kappa shape index (κ3) is 2.55. The molecule has 0 atom stereocenters. The predicted octanol–water partition coefficient (Wildman–Crippen LogP) is 2.95. The molecule has 0 spiro atoms. The zero-order valence-corrected chi connectivity index (χ0v) is 9.72. The van der Waals surface area contributed by atoms with Crippen molar-refractivity contribution in [2.45, 2.75) is 6.54 Å². The van der Waals surface area contributed by atoms with Crippen LogP contribution in [0.15, 0.2) is 30.3 Å². The van der Waals surface area contributed by atoms with E-state index in [2.05, 4.69) is 5.32 Å². The summed E-state index contributed by atoms with van der Waals surface area (Å²) in [5, 5.41) is 12.6. The first-order valence-electron chi connectivity index (χ1n) is 4.97. The second-order valence-corrected chi connectivity index (χ2v) is 4.50. The van der Waals surface area contributed by atoms with Gasteiger partial charge in [0.25, 0.3) is 0 Å². The number of nitriles is 1. The maximum absolute atomic E-state index is 13.3. The van der Waals surface area contributed by atoms with Gasteiger partial charge in [0, 0.05) is 12.1 Å². The SMILES string of the molecule is N#Cc1sc(NCc2ccccc2F)cc1N. The zero-order valence-electron chi connectivity index (χ0n) is 8.90. The molecule has 1 aromatic heterocycles. The fraction of sp³-hybridized carbons (Fsp3) is 0.0833. The summed E-state index contributed by atoms with van der Waals surface area (Å²) in [6.07, 6.45) is 0. The van der Waals surface area contributed by atoms with Crippen molar-refractivity contribution in [2.24, 2.45) is 0 Å². The molecule has 0 fully saturated rings. The summed E-state index contributed by atoms with van der Waals surface area (Å²) in [5.74, 6) is -0.245. The van der Waals surface area contributed by atoms with Gasteiger partial charge < -0.3 is 11.1 Å². The molecule has 0 bridgehead atoms. The quantitative estimate of drug-likeness (QED) is 0.876. The Kier molecular flexibility index (Phi) is 3.26. The molecule has 0 saturated heterocycles. The number of nitrogens with zero attached hydrogens (tertiary/aromatic N) is 1. The molecule has 17 heavy (non-hydrogen) atoms. The van der Waals surface area contributed by atoms with Crippen molar-refractivity contribution in [2.75, 3.05) is 11.1 Å². The Bertz CT molecular complexity index is 571. The molecule has 3 N–H and O–H groups in total. The molecule has 5 heteroatoms. The Morgan fingerprint density at radius 1 is 1.41 bits per heavy atom. The highest BCUT2D eigenvalue weighted by Crippen LogP contribution is 2.28. The number of nitrogen functional groups attached to an aromatic ring is 1. The van der Waals surface area contributed by atoms with E-state index in [1.54, 1.807) is 24.3 Å². The molecule has 0 radical (unpaired) electrons. The first-order chi connectivity index (χ1) is 8.20. The minimum absolute atomic E-state index is 0.245. The van der Waals surface area contributed by atoms with Crippen molar-refractivity contribution in [3.63, 3.8) is 0 Å². The second kappa shape index (κ2) is 4.85. The summed E-state index contributed by atoms with van der Waals surface area (Å²) in [6, 6.07) is 10.2. The summed E-state index contributed by atoms with van der Waals surface area (Å²) >= 11 is 1.26. The number of thiophene rings is 1. The van der Waals surface area contributed by atoms with Crippen LogP contribution in [0.3, 0.4) is 0 Å². The van der Waals surface area contributed by atoms with Gasteiger partial charge in [-0.05, 0) is 12.1 Å². The third-order valence-electron chi connectivity index (χ3n) is 2.27. The largest absolute Gasteiger partial charge is 0.397 e. The van der Waals surface area contributed by atoms with Gasteiger partial charge in [0.1, 0.15) is 16.8 Å². The number of halogens is 1. The van der Waals surface area contributed by atoms with Crippen molar-refractivity contribution in [1.82, 2.24) is 0 Å². The van der Waals surface area contributed by atoms with Gasteiger partial charge in [0.15, 0.2) is 0 Å². The summed E-state index contributed by atoms with van der Waals surface area (Å²) in [7, 11) is 0. The van der Waals surface area contributed by atoms with Gasteiger partial charge in [-0.1, -0.05) is 18.2 Å². The molecular formula is C12H10FN3S. The van der Waals surface area contributed by atoms with Crippen LogP contribution in [0.25, 0.3) is 0 Å². The average Bonchev–Trinajstić information content (AvgIpc) is 2.69. The Morgan fingerprint density at radius 2 is 2.18 bits per heavy atom. The second-order valence-electron chi connectivity index (χ2n) is 3.45. The van der Waals surface area contributed by atoms with Gasteiger partial charge >= 0.3 is 0 Å². The van der Waals surface area contributed by atoms with E-state index in [-0.39, 0.29) is 5.82 Å². The van der Waals surface area contributed by atoms with Crippen LogP contribution in [-0.2, 0) is 6.54 Å². The molecule has 0 aliphatic carbocycles. The van der Waals surface area contributed by atoms with E-state index < -0.39 is 0 Å². The summed E-state index contributed by atoms with van der Waals surface area (Å²) in [6.45, 7) is 0.373. The van der Waals surface area contributed by atoms with Gasteiger partial charge in [0.05, 0.1) is 10.7 Å². The Labute approximate surface area is 102 Å². The Balaban J connectivity index is 2.08. The van der Waals surface area contributed by atoms with Crippen LogP contribution in [0.5, 0.6) is 0 Å². The molecule has 1 aromatic carbocycles. The number of hydrogen-bond acceptors (Lipinski definition) is 4. The van der Waals surface area contributed by atoms with Crippen molar-refractivity contribution < 1.29 is 4.39 Å². The van der Waals surface area contributed by atoms with Crippen LogP contribution in [0.1, 0.15) is 10.4 Å². The van der Waals surface area contributed by atoms with Crippen LogP contribution in [0.4, 0.5) is 15.1 Å². The van der Waals surface area contributed by atoms with Gasteiger partial charge in [-0.3, -0.25) is 0 Å². The highest BCUT2D eigenvalue weighted by atomic mass is 32.1. The summed E-state index contributed by atoms with van der Waals surface area (Å²) in [4.78, 5) is 0.473. The predicted molar refractivity (Wildman–Crippen MR) is 67.2 cm³/mol. The smallest absolute Gasteiger partial charge is 0.129 e. The monoisotopic (exact) mass is 247 g/mol. The molecule has 2 rings (SSSR count).